The molecule has 0 saturated heterocycles. The first kappa shape index (κ1) is 12.8. The van der Waals surface area contributed by atoms with Crippen LogP contribution >= 0.6 is 39.1 Å². The third-order valence-corrected chi connectivity index (χ3v) is 3.31. The predicted molar refractivity (Wildman–Crippen MR) is 69.5 cm³/mol. The van der Waals surface area contributed by atoms with Crippen molar-refractivity contribution in [2.75, 3.05) is 0 Å². The fraction of sp³-hybridized carbons (Fsp3) is 0. The molecule has 0 aliphatic heterocycles. The summed E-state index contributed by atoms with van der Waals surface area (Å²) in [6, 6.07) is 7.01. The van der Waals surface area contributed by atoms with Crippen molar-refractivity contribution in [1.29, 1.82) is 0 Å². The van der Waals surface area contributed by atoms with Crippen molar-refractivity contribution in [2.45, 2.75) is 0 Å². The standard InChI is InChI=1S/C12H5BrCl2F2/c13-6-4-9(16)12(10(17)5-6)11-7(14)2-1-3-8(11)15/h1-5H. The maximum absolute atomic E-state index is 13.8. The van der Waals surface area contributed by atoms with E-state index in [-0.39, 0.29) is 21.2 Å². The SMILES string of the molecule is Fc1cc(Br)cc(F)c1-c1c(Cl)cccc1Cl. The summed E-state index contributed by atoms with van der Waals surface area (Å²) >= 11 is 14.8. The second kappa shape index (κ2) is 4.92. The first-order valence-electron chi connectivity index (χ1n) is 4.59. The Bertz CT molecular complexity index is 541. The van der Waals surface area contributed by atoms with E-state index >= 15 is 0 Å². The van der Waals surface area contributed by atoms with E-state index in [0.29, 0.717) is 4.47 Å². The van der Waals surface area contributed by atoms with Crippen LogP contribution in [0.1, 0.15) is 0 Å². The summed E-state index contributed by atoms with van der Waals surface area (Å²) in [5.74, 6) is -1.43. The minimum absolute atomic E-state index is 0.165. The molecule has 0 aliphatic rings. The monoisotopic (exact) mass is 336 g/mol. The van der Waals surface area contributed by atoms with Gasteiger partial charge in [-0.05, 0) is 24.3 Å². The molecule has 5 heteroatoms. The lowest BCUT2D eigenvalue weighted by Gasteiger charge is -2.09. The zero-order valence-corrected chi connectivity index (χ0v) is 11.4. The third-order valence-electron chi connectivity index (χ3n) is 2.22. The highest BCUT2D eigenvalue weighted by atomic mass is 79.9. The first-order chi connectivity index (χ1) is 8.00. The molecule has 2 aromatic rings. The average Bonchev–Trinajstić information content (AvgIpc) is 2.21. The van der Waals surface area contributed by atoms with Crippen molar-refractivity contribution in [1.82, 2.24) is 0 Å². The number of halogens is 5. The van der Waals surface area contributed by atoms with Crippen LogP contribution in [0.4, 0.5) is 8.78 Å². The number of rotatable bonds is 1. The largest absolute Gasteiger partial charge is 0.206 e. The van der Waals surface area contributed by atoms with Crippen molar-refractivity contribution >= 4 is 39.1 Å². The van der Waals surface area contributed by atoms with Crippen LogP contribution in [0.2, 0.25) is 10.0 Å². The summed E-state index contributed by atoms with van der Waals surface area (Å²) in [6.45, 7) is 0. The van der Waals surface area contributed by atoms with E-state index in [9.17, 15) is 8.78 Å². The molecular formula is C12H5BrCl2F2. The van der Waals surface area contributed by atoms with E-state index in [1.165, 1.54) is 12.1 Å². The van der Waals surface area contributed by atoms with Crippen molar-refractivity contribution in [2.24, 2.45) is 0 Å². The summed E-state index contributed by atoms with van der Waals surface area (Å²) in [5, 5.41) is 0.412. The highest BCUT2D eigenvalue weighted by Gasteiger charge is 2.18. The molecule has 0 aromatic heterocycles. The van der Waals surface area contributed by atoms with Gasteiger partial charge in [0.15, 0.2) is 0 Å². The van der Waals surface area contributed by atoms with Crippen molar-refractivity contribution < 1.29 is 8.78 Å². The van der Waals surface area contributed by atoms with Crippen molar-refractivity contribution in [3.8, 4) is 11.1 Å². The summed E-state index contributed by atoms with van der Waals surface area (Å²) in [6.07, 6.45) is 0. The number of hydrogen-bond acceptors (Lipinski definition) is 0. The van der Waals surface area contributed by atoms with Gasteiger partial charge in [-0.25, -0.2) is 8.78 Å². The minimum Gasteiger partial charge on any atom is -0.206 e. The Hall–Kier alpha value is -0.640. The van der Waals surface area contributed by atoms with Gasteiger partial charge in [-0.2, -0.15) is 0 Å². The molecule has 0 radical (unpaired) electrons. The van der Waals surface area contributed by atoms with Gasteiger partial charge in [0.1, 0.15) is 11.6 Å². The highest BCUT2D eigenvalue weighted by Crippen LogP contribution is 2.38. The maximum Gasteiger partial charge on any atom is 0.135 e. The maximum atomic E-state index is 13.8. The minimum atomic E-state index is -0.716. The van der Waals surface area contributed by atoms with E-state index in [4.69, 9.17) is 23.2 Å². The van der Waals surface area contributed by atoms with Crippen LogP contribution < -0.4 is 0 Å². The Morgan fingerprint density at radius 2 is 1.35 bits per heavy atom. The Morgan fingerprint density at radius 1 is 0.882 bits per heavy atom. The van der Waals surface area contributed by atoms with Crippen molar-refractivity contribution in [3.63, 3.8) is 0 Å². The molecule has 2 aromatic carbocycles. The first-order valence-corrected chi connectivity index (χ1v) is 6.14. The normalized spacial score (nSPS) is 10.6. The highest BCUT2D eigenvalue weighted by molar-refractivity contribution is 9.10. The summed E-state index contributed by atoms with van der Waals surface area (Å²) in [4.78, 5) is 0. The van der Waals surface area contributed by atoms with Gasteiger partial charge >= 0.3 is 0 Å². The van der Waals surface area contributed by atoms with Gasteiger partial charge in [-0.1, -0.05) is 45.2 Å². The molecule has 0 nitrogen and oxygen atoms in total. The van der Waals surface area contributed by atoms with E-state index in [1.54, 1.807) is 6.07 Å². The third kappa shape index (κ3) is 2.46. The molecule has 0 spiro atoms. The van der Waals surface area contributed by atoms with E-state index in [0.717, 1.165) is 12.1 Å². The zero-order valence-electron chi connectivity index (χ0n) is 8.28. The van der Waals surface area contributed by atoms with Crippen LogP contribution in [-0.2, 0) is 0 Å². The number of benzene rings is 2. The van der Waals surface area contributed by atoms with Crippen LogP contribution in [0.5, 0.6) is 0 Å². The topological polar surface area (TPSA) is 0 Å². The molecule has 0 unspecified atom stereocenters. The fourth-order valence-electron chi connectivity index (χ4n) is 1.52. The van der Waals surface area contributed by atoms with Crippen LogP contribution in [0.15, 0.2) is 34.8 Å². The molecule has 0 fully saturated rings. The van der Waals surface area contributed by atoms with Crippen molar-refractivity contribution in [3.05, 3.63) is 56.5 Å². The Labute approximate surface area is 115 Å². The second-order valence-electron chi connectivity index (χ2n) is 3.34. The van der Waals surface area contributed by atoms with Crippen LogP contribution in [0.25, 0.3) is 11.1 Å². The van der Waals surface area contributed by atoms with Crippen LogP contribution in [0, 0.1) is 11.6 Å². The molecule has 0 N–H and O–H groups in total. The average molecular weight is 338 g/mol. The van der Waals surface area contributed by atoms with Gasteiger partial charge in [0, 0.05) is 10.0 Å². The Kier molecular flexibility index (Phi) is 3.71. The molecule has 17 heavy (non-hydrogen) atoms. The van der Waals surface area contributed by atoms with Gasteiger partial charge in [-0.15, -0.1) is 0 Å². The molecule has 0 saturated carbocycles. The van der Waals surface area contributed by atoms with Crippen LogP contribution in [0.3, 0.4) is 0 Å². The number of hydrogen-bond donors (Lipinski definition) is 0. The smallest absolute Gasteiger partial charge is 0.135 e. The van der Waals surface area contributed by atoms with E-state index in [2.05, 4.69) is 15.9 Å². The molecule has 88 valence electrons. The lowest BCUT2D eigenvalue weighted by Crippen LogP contribution is -1.92. The summed E-state index contributed by atoms with van der Waals surface area (Å²) in [5.41, 5.74) is -0.0536. The van der Waals surface area contributed by atoms with Gasteiger partial charge in [0.2, 0.25) is 0 Å². The predicted octanol–water partition coefficient (Wildman–Crippen LogP) is 5.70. The van der Waals surface area contributed by atoms with Gasteiger partial charge in [0.05, 0.1) is 15.6 Å². The van der Waals surface area contributed by atoms with Gasteiger partial charge in [0.25, 0.3) is 0 Å². The molecule has 2 rings (SSSR count). The van der Waals surface area contributed by atoms with E-state index in [1.807, 2.05) is 0 Å². The molecule has 0 aliphatic carbocycles. The Morgan fingerprint density at radius 3 is 1.82 bits per heavy atom. The summed E-state index contributed by atoms with van der Waals surface area (Å²) in [7, 11) is 0. The molecule has 0 atom stereocenters. The summed E-state index contributed by atoms with van der Waals surface area (Å²) < 4.78 is 27.9. The Balaban J connectivity index is 2.77. The fourth-order valence-corrected chi connectivity index (χ4v) is 2.51. The lowest BCUT2D eigenvalue weighted by atomic mass is 10.0. The zero-order chi connectivity index (χ0) is 12.6. The van der Waals surface area contributed by atoms with Gasteiger partial charge < -0.3 is 0 Å². The second-order valence-corrected chi connectivity index (χ2v) is 5.07. The molecule has 0 heterocycles. The molecule has 0 amide bonds. The van der Waals surface area contributed by atoms with Crippen LogP contribution in [-0.4, -0.2) is 0 Å². The molecule has 0 bridgehead atoms. The lowest BCUT2D eigenvalue weighted by molar-refractivity contribution is 0.588. The van der Waals surface area contributed by atoms with E-state index < -0.39 is 11.6 Å². The molecular weight excluding hydrogens is 333 g/mol. The quantitative estimate of drug-likeness (QED) is 0.626. The van der Waals surface area contributed by atoms with Gasteiger partial charge in [-0.3, -0.25) is 0 Å².